The molecule has 0 aliphatic carbocycles. The van der Waals surface area contributed by atoms with Gasteiger partial charge in [0.25, 0.3) is 5.91 Å². The molecular formula is C19H15F2N3O2. The number of carbonyl (C=O) groups is 1. The molecule has 1 amide bonds. The van der Waals surface area contributed by atoms with E-state index < -0.39 is 17.5 Å². The SMILES string of the molecule is Cn1cc(C(=O)Nc2ccc(Cc3ccc(F)cc3F)cn2)ccc1=O. The molecule has 7 heteroatoms. The number of amides is 1. The van der Waals surface area contributed by atoms with Gasteiger partial charge in [-0.1, -0.05) is 12.1 Å². The van der Waals surface area contributed by atoms with E-state index in [4.69, 9.17) is 0 Å². The second-order valence-electron chi connectivity index (χ2n) is 5.79. The molecule has 0 spiro atoms. The van der Waals surface area contributed by atoms with E-state index in [0.29, 0.717) is 16.9 Å². The smallest absolute Gasteiger partial charge is 0.258 e. The lowest BCUT2D eigenvalue weighted by atomic mass is 10.1. The molecule has 0 aliphatic heterocycles. The van der Waals surface area contributed by atoms with Crippen LogP contribution in [0.4, 0.5) is 14.6 Å². The van der Waals surface area contributed by atoms with Crippen molar-refractivity contribution in [2.75, 3.05) is 5.32 Å². The number of nitrogens with one attached hydrogen (secondary N) is 1. The molecule has 1 aromatic carbocycles. The highest BCUT2D eigenvalue weighted by Crippen LogP contribution is 2.15. The van der Waals surface area contributed by atoms with Crippen molar-refractivity contribution < 1.29 is 13.6 Å². The number of anilines is 1. The highest BCUT2D eigenvalue weighted by Gasteiger charge is 2.09. The molecule has 0 atom stereocenters. The van der Waals surface area contributed by atoms with Crippen LogP contribution < -0.4 is 10.9 Å². The lowest BCUT2D eigenvalue weighted by Gasteiger charge is -2.07. The lowest BCUT2D eigenvalue weighted by molar-refractivity contribution is 0.102. The molecule has 132 valence electrons. The molecule has 5 nitrogen and oxygen atoms in total. The molecule has 0 fully saturated rings. The fraction of sp³-hybridized carbons (Fsp3) is 0.105. The molecule has 1 N–H and O–H groups in total. The van der Waals surface area contributed by atoms with E-state index in [1.807, 2.05) is 0 Å². The lowest BCUT2D eigenvalue weighted by Crippen LogP contribution is -2.19. The molecule has 3 aromatic rings. The molecule has 0 bridgehead atoms. The first-order valence-electron chi connectivity index (χ1n) is 7.79. The van der Waals surface area contributed by atoms with Gasteiger partial charge < -0.3 is 9.88 Å². The zero-order valence-corrected chi connectivity index (χ0v) is 13.9. The fourth-order valence-corrected chi connectivity index (χ4v) is 2.40. The van der Waals surface area contributed by atoms with Crippen molar-refractivity contribution >= 4 is 11.7 Å². The van der Waals surface area contributed by atoms with Gasteiger partial charge in [0.2, 0.25) is 5.56 Å². The first-order chi connectivity index (χ1) is 12.4. The number of aromatic nitrogens is 2. The third kappa shape index (κ3) is 4.00. The Bertz CT molecular complexity index is 1010. The second kappa shape index (κ2) is 7.26. The van der Waals surface area contributed by atoms with Crippen molar-refractivity contribution in [3.05, 3.63) is 93.5 Å². The minimum Gasteiger partial charge on any atom is -0.318 e. The number of rotatable bonds is 4. The Morgan fingerprint density at radius 3 is 2.62 bits per heavy atom. The van der Waals surface area contributed by atoms with Crippen LogP contribution in [-0.2, 0) is 13.5 Å². The predicted molar refractivity (Wildman–Crippen MR) is 93.0 cm³/mol. The Hall–Kier alpha value is -3.35. The fourth-order valence-electron chi connectivity index (χ4n) is 2.40. The summed E-state index contributed by atoms with van der Waals surface area (Å²) in [4.78, 5) is 27.7. The van der Waals surface area contributed by atoms with E-state index in [1.165, 1.54) is 41.2 Å². The summed E-state index contributed by atoms with van der Waals surface area (Å²) >= 11 is 0. The van der Waals surface area contributed by atoms with Crippen LogP contribution in [0.25, 0.3) is 0 Å². The number of carbonyl (C=O) groups excluding carboxylic acids is 1. The molecular weight excluding hydrogens is 340 g/mol. The van der Waals surface area contributed by atoms with Crippen LogP contribution in [0.15, 0.2) is 59.7 Å². The van der Waals surface area contributed by atoms with Gasteiger partial charge in [-0.2, -0.15) is 0 Å². The number of benzene rings is 1. The van der Waals surface area contributed by atoms with Gasteiger partial charge in [-0.05, 0) is 29.3 Å². The summed E-state index contributed by atoms with van der Waals surface area (Å²) in [6, 6.07) is 9.47. The topological polar surface area (TPSA) is 64.0 Å². The van der Waals surface area contributed by atoms with Crippen LogP contribution >= 0.6 is 0 Å². The minimum atomic E-state index is -0.624. The van der Waals surface area contributed by atoms with Gasteiger partial charge in [-0.25, -0.2) is 13.8 Å². The number of hydrogen-bond donors (Lipinski definition) is 1. The molecule has 26 heavy (non-hydrogen) atoms. The van der Waals surface area contributed by atoms with E-state index in [9.17, 15) is 18.4 Å². The molecule has 0 saturated heterocycles. The largest absolute Gasteiger partial charge is 0.318 e. The van der Waals surface area contributed by atoms with Gasteiger partial charge in [0.05, 0.1) is 5.56 Å². The Morgan fingerprint density at radius 1 is 1.15 bits per heavy atom. The van der Waals surface area contributed by atoms with Crippen LogP contribution in [0, 0.1) is 11.6 Å². The van der Waals surface area contributed by atoms with Crippen LogP contribution in [0.5, 0.6) is 0 Å². The maximum absolute atomic E-state index is 13.7. The quantitative estimate of drug-likeness (QED) is 0.783. The van der Waals surface area contributed by atoms with Gasteiger partial charge in [-0.15, -0.1) is 0 Å². The summed E-state index contributed by atoms with van der Waals surface area (Å²) in [5.74, 6) is -1.31. The maximum Gasteiger partial charge on any atom is 0.258 e. The van der Waals surface area contributed by atoms with Crippen LogP contribution in [0.3, 0.4) is 0 Å². The molecule has 2 heterocycles. The summed E-state index contributed by atoms with van der Waals surface area (Å²) in [6.07, 6.45) is 3.20. The van der Waals surface area contributed by atoms with E-state index in [0.717, 1.165) is 11.6 Å². The molecule has 0 saturated carbocycles. The number of aryl methyl sites for hydroxylation is 1. The Morgan fingerprint density at radius 2 is 1.96 bits per heavy atom. The molecule has 3 rings (SSSR count). The van der Waals surface area contributed by atoms with Crippen LogP contribution in [-0.4, -0.2) is 15.5 Å². The predicted octanol–water partition coefficient (Wildman–Crippen LogP) is 2.90. The third-order valence-electron chi connectivity index (χ3n) is 3.82. The van der Waals surface area contributed by atoms with Gasteiger partial charge >= 0.3 is 0 Å². The summed E-state index contributed by atoms with van der Waals surface area (Å²) in [5, 5.41) is 2.63. The van der Waals surface area contributed by atoms with Gasteiger partial charge in [0.15, 0.2) is 0 Å². The first kappa shape index (κ1) is 17.5. The standard InChI is InChI=1S/C19H15F2N3O2/c1-24-11-14(4-7-18(24)25)19(26)23-17-6-2-12(10-22-17)8-13-3-5-15(20)9-16(13)21/h2-7,9-11H,8H2,1H3,(H,22,23,26). The molecule has 0 radical (unpaired) electrons. The van der Waals surface area contributed by atoms with Gasteiger partial charge in [-0.3, -0.25) is 9.59 Å². The normalized spacial score (nSPS) is 10.6. The summed E-state index contributed by atoms with van der Waals surface area (Å²) in [6.45, 7) is 0. The van der Waals surface area contributed by atoms with Gasteiger partial charge in [0.1, 0.15) is 17.5 Å². The van der Waals surface area contributed by atoms with E-state index in [-0.39, 0.29) is 12.0 Å². The monoisotopic (exact) mass is 355 g/mol. The first-order valence-corrected chi connectivity index (χ1v) is 7.79. The molecule has 0 aliphatic rings. The number of halogens is 2. The van der Waals surface area contributed by atoms with Crippen LogP contribution in [0.2, 0.25) is 0 Å². The maximum atomic E-state index is 13.7. The van der Waals surface area contributed by atoms with Crippen molar-refractivity contribution in [3.8, 4) is 0 Å². The average Bonchev–Trinajstić information content (AvgIpc) is 2.61. The van der Waals surface area contributed by atoms with Crippen molar-refractivity contribution in [2.45, 2.75) is 6.42 Å². The van der Waals surface area contributed by atoms with Gasteiger partial charge in [0, 0.05) is 38.0 Å². The van der Waals surface area contributed by atoms with Crippen LogP contribution in [0.1, 0.15) is 21.5 Å². The van der Waals surface area contributed by atoms with Crippen molar-refractivity contribution in [3.63, 3.8) is 0 Å². The zero-order chi connectivity index (χ0) is 18.7. The van der Waals surface area contributed by atoms with E-state index in [1.54, 1.807) is 19.2 Å². The third-order valence-corrected chi connectivity index (χ3v) is 3.82. The Kier molecular flexibility index (Phi) is 4.88. The highest BCUT2D eigenvalue weighted by molar-refractivity contribution is 6.03. The second-order valence-corrected chi connectivity index (χ2v) is 5.79. The summed E-state index contributed by atoms with van der Waals surface area (Å²) in [7, 11) is 1.56. The molecule has 2 aromatic heterocycles. The number of hydrogen-bond acceptors (Lipinski definition) is 3. The molecule has 0 unspecified atom stereocenters. The van der Waals surface area contributed by atoms with E-state index >= 15 is 0 Å². The average molecular weight is 355 g/mol. The number of pyridine rings is 2. The summed E-state index contributed by atoms with van der Waals surface area (Å²) in [5.41, 5.74) is 1.19. The minimum absolute atomic E-state index is 0.211. The van der Waals surface area contributed by atoms with E-state index in [2.05, 4.69) is 10.3 Å². The highest BCUT2D eigenvalue weighted by atomic mass is 19.1. The Labute approximate surface area is 147 Å². The Balaban J connectivity index is 1.70. The van der Waals surface area contributed by atoms with Crippen molar-refractivity contribution in [2.24, 2.45) is 7.05 Å². The summed E-state index contributed by atoms with van der Waals surface area (Å²) < 4.78 is 27.9. The van der Waals surface area contributed by atoms with Crippen molar-refractivity contribution in [1.29, 1.82) is 0 Å². The number of nitrogens with zero attached hydrogens (tertiary/aromatic N) is 2. The zero-order valence-electron chi connectivity index (χ0n) is 13.9. The van der Waals surface area contributed by atoms with Crippen molar-refractivity contribution in [1.82, 2.24) is 9.55 Å².